The number of amides is 2. The van der Waals surface area contributed by atoms with E-state index >= 15 is 0 Å². The van der Waals surface area contributed by atoms with Crippen LogP contribution >= 0.6 is 15.9 Å². The molecule has 11 heteroatoms. The highest BCUT2D eigenvalue weighted by Crippen LogP contribution is 2.40. The summed E-state index contributed by atoms with van der Waals surface area (Å²) >= 11 is 2.45. The quantitative estimate of drug-likeness (QED) is 0.462. The number of primary amides is 1. The summed E-state index contributed by atoms with van der Waals surface area (Å²) in [7, 11) is 0. The Hall–Kier alpha value is -1.78. The van der Waals surface area contributed by atoms with E-state index in [9.17, 15) is 31.1 Å². The molecule has 1 aromatic rings. The van der Waals surface area contributed by atoms with Crippen LogP contribution < -0.4 is 11.2 Å². The van der Waals surface area contributed by atoms with Gasteiger partial charge in [-0.25, -0.2) is 10.2 Å². The van der Waals surface area contributed by atoms with E-state index in [0.29, 0.717) is 6.21 Å². The Kier molecular flexibility index (Phi) is 4.87. The molecule has 21 heavy (non-hydrogen) atoms. The number of hydrogen-bond donors (Lipinski definition) is 2. The van der Waals surface area contributed by atoms with E-state index < -0.39 is 39.5 Å². The van der Waals surface area contributed by atoms with Crippen LogP contribution in [0.1, 0.15) is 16.7 Å². The molecule has 0 radical (unpaired) electrons. The Morgan fingerprint density at radius 3 is 2.10 bits per heavy atom. The van der Waals surface area contributed by atoms with Gasteiger partial charge in [0.25, 0.3) is 0 Å². The minimum Gasteiger partial charge on any atom is -0.350 e. The lowest BCUT2D eigenvalue weighted by atomic mass is 10.0. The van der Waals surface area contributed by atoms with Gasteiger partial charge in [-0.05, 0) is 12.1 Å². The number of hydrazone groups is 1. The maximum atomic E-state index is 12.8. The first-order chi connectivity index (χ1) is 9.43. The lowest BCUT2D eigenvalue weighted by Gasteiger charge is -2.15. The van der Waals surface area contributed by atoms with Gasteiger partial charge in [-0.2, -0.15) is 31.4 Å². The van der Waals surface area contributed by atoms with Crippen molar-refractivity contribution in [3.05, 3.63) is 33.3 Å². The summed E-state index contributed by atoms with van der Waals surface area (Å²) in [5, 5.41) is 3.04. The largest absolute Gasteiger partial charge is 0.417 e. The van der Waals surface area contributed by atoms with Crippen molar-refractivity contribution in [3.8, 4) is 0 Å². The van der Waals surface area contributed by atoms with Crippen LogP contribution in [0.2, 0.25) is 0 Å². The molecule has 1 rings (SSSR count). The number of carbonyl (C=O) groups excluding carboxylic acids is 1. The van der Waals surface area contributed by atoms with Crippen LogP contribution in [-0.4, -0.2) is 12.2 Å². The highest BCUT2D eigenvalue weighted by Gasteiger charge is 2.38. The van der Waals surface area contributed by atoms with Gasteiger partial charge in [-0.3, -0.25) is 0 Å². The van der Waals surface area contributed by atoms with Crippen LogP contribution in [0, 0.1) is 0 Å². The molecule has 0 saturated heterocycles. The second-order valence-corrected chi connectivity index (χ2v) is 4.50. The van der Waals surface area contributed by atoms with E-state index in [1.807, 2.05) is 0 Å². The zero-order chi connectivity index (χ0) is 16.4. The molecular formula is C10H6BrF6N3O. The van der Waals surface area contributed by atoms with Gasteiger partial charge in [0.05, 0.1) is 17.3 Å². The van der Waals surface area contributed by atoms with Gasteiger partial charge in [0.15, 0.2) is 0 Å². The second-order valence-electron chi connectivity index (χ2n) is 3.65. The molecular weight excluding hydrogens is 372 g/mol. The first-order valence-electron chi connectivity index (χ1n) is 4.99. The van der Waals surface area contributed by atoms with E-state index in [1.165, 1.54) is 0 Å². The molecule has 1 aromatic carbocycles. The number of nitrogens with two attached hydrogens (primary N) is 1. The van der Waals surface area contributed by atoms with Gasteiger partial charge in [-0.1, -0.05) is 15.9 Å². The molecule has 0 aromatic heterocycles. The van der Waals surface area contributed by atoms with Crippen LogP contribution in [0.3, 0.4) is 0 Å². The van der Waals surface area contributed by atoms with Gasteiger partial charge in [-0.15, -0.1) is 0 Å². The average Bonchev–Trinajstić information content (AvgIpc) is 2.27. The first-order valence-corrected chi connectivity index (χ1v) is 5.78. The van der Waals surface area contributed by atoms with Crippen molar-refractivity contribution < 1.29 is 31.1 Å². The van der Waals surface area contributed by atoms with Gasteiger partial charge in [0.2, 0.25) is 0 Å². The number of rotatable bonds is 2. The normalized spacial score (nSPS) is 12.7. The summed E-state index contributed by atoms with van der Waals surface area (Å²) in [6, 6.07) is -0.624. The molecule has 116 valence electrons. The topological polar surface area (TPSA) is 67.5 Å². The maximum absolute atomic E-state index is 12.8. The van der Waals surface area contributed by atoms with E-state index in [4.69, 9.17) is 0 Å². The fraction of sp³-hybridized carbons (Fsp3) is 0.200. The van der Waals surface area contributed by atoms with Crippen LogP contribution in [-0.2, 0) is 12.4 Å². The zero-order valence-electron chi connectivity index (χ0n) is 9.81. The number of nitrogens with one attached hydrogen (secondary N) is 1. The van der Waals surface area contributed by atoms with E-state index in [-0.39, 0.29) is 12.1 Å². The Balaban J connectivity index is 3.42. The fourth-order valence-corrected chi connectivity index (χ4v) is 1.89. The molecule has 0 fully saturated rings. The number of alkyl halides is 6. The minimum atomic E-state index is -4.90. The molecule has 3 N–H and O–H groups in total. The second kappa shape index (κ2) is 5.92. The van der Waals surface area contributed by atoms with Crippen molar-refractivity contribution in [2.24, 2.45) is 10.8 Å². The molecule has 0 aliphatic heterocycles. The van der Waals surface area contributed by atoms with Crippen molar-refractivity contribution >= 4 is 28.2 Å². The highest BCUT2D eigenvalue weighted by atomic mass is 79.9. The molecule has 0 atom stereocenters. The monoisotopic (exact) mass is 377 g/mol. The standard InChI is InChI=1S/C10H6BrF6N3O/c11-7-2-5(9(12,13)14)4(3-19-20-8(18)21)1-6(7)10(15,16)17/h1-3H,(H3,18,20,21). The van der Waals surface area contributed by atoms with Crippen molar-refractivity contribution in [1.82, 2.24) is 5.43 Å². The summed E-state index contributed by atoms with van der Waals surface area (Å²) in [6.45, 7) is 0. The van der Waals surface area contributed by atoms with Crippen LogP contribution in [0.25, 0.3) is 0 Å². The van der Waals surface area contributed by atoms with Gasteiger partial charge >= 0.3 is 18.4 Å². The number of halogens is 7. The highest BCUT2D eigenvalue weighted by molar-refractivity contribution is 9.10. The SMILES string of the molecule is NC(=O)NN=Cc1cc(C(F)(F)F)c(Br)cc1C(F)(F)F. The lowest BCUT2D eigenvalue weighted by Crippen LogP contribution is -2.24. The molecule has 0 aliphatic rings. The van der Waals surface area contributed by atoms with Crippen molar-refractivity contribution in [2.45, 2.75) is 12.4 Å². The van der Waals surface area contributed by atoms with Gasteiger partial charge < -0.3 is 5.73 Å². The predicted octanol–water partition coefficient (Wildman–Crippen LogP) is 3.49. The minimum absolute atomic E-state index is 0.263. The number of hydrogen-bond acceptors (Lipinski definition) is 2. The van der Waals surface area contributed by atoms with Crippen LogP contribution in [0.15, 0.2) is 21.7 Å². The molecule has 0 saturated carbocycles. The summed E-state index contributed by atoms with van der Waals surface area (Å²) < 4.78 is 75.5. The molecule has 0 aliphatic carbocycles. The maximum Gasteiger partial charge on any atom is 0.417 e. The summed E-state index contributed by atoms with van der Waals surface area (Å²) in [5.74, 6) is 0. The zero-order valence-corrected chi connectivity index (χ0v) is 11.4. The van der Waals surface area contributed by atoms with Crippen molar-refractivity contribution in [3.63, 3.8) is 0 Å². The third-order valence-corrected chi connectivity index (χ3v) is 2.78. The number of urea groups is 1. The number of carbonyl (C=O) groups is 1. The Labute approximate surface area is 122 Å². The number of nitrogens with zero attached hydrogens (tertiary/aromatic N) is 1. The molecule has 0 bridgehead atoms. The Morgan fingerprint density at radius 2 is 1.67 bits per heavy atom. The molecule has 0 unspecified atom stereocenters. The molecule has 4 nitrogen and oxygen atoms in total. The van der Waals surface area contributed by atoms with Crippen molar-refractivity contribution in [2.75, 3.05) is 0 Å². The van der Waals surface area contributed by atoms with Crippen molar-refractivity contribution in [1.29, 1.82) is 0 Å². The number of benzene rings is 1. The third-order valence-electron chi connectivity index (χ3n) is 2.13. The predicted molar refractivity (Wildman–Crippen MR) is 64.5 cm³/mol. The summed E-state index contributed by atoms with van der Waals surface area (Å²) in [6.07, 6.45) is -9.33. The lowest BCUT2D eigenvalue weighted by molar-refractivity contribution is -0.141. The summed E-state index contributed by atoms with van der Waals surface area (Å²) in [4.78, 5) is 10.3. The fourth-order valence-electron chi connectivity index (χ4n) is 1.32. The van der Waals surface area contributed by atoms with E-state index in [2.05, 4.69) is 26.8 Å². The molecule has 0 heterocycles. The van der Waals surface area contributed by atoms with E-state index in [1.54, 1.807) is 5.43 Å². The third kappa shape index (κ3) is 4.62. The van der Waals surface area contributed by atoms with E-state index in [0.717, 1.165) is 0 Å². The van der Waals surface area contributed by atoms with Gasteiger partial charge in [0.1, 0.15) is 0 Å². The first kappa shape index (κ1) is 17.3. The van der Waals surface area contributed by atoms with Crippen LogP contribution in [0.4, 0.5) is 31.1 Å². The van der Waals surface area contributed by atoms with Gasteiger partial charge in [0, 0.05) is 10.0 Å². The van der Waals surface area contributed by atoms with Crippen LogP contribution in [0.5, 0.6) is 0 Å². The Morgan fingerprint density at radius 1 is 1.14 bits per heavy atom. The smallest absolute Gasteiger partial charge is 0.350 e. The Bertz CT molecular complexity index is 581. The average molecular weight is 378 g/mol. The summed E-state index contributed by atoms with van der Waals surface area (Å²) in [5.41, 5.74) is 2.70. The molecule has 0 spiro atoms. The molecule has 2 amide bonds.